The molecule has 3 aliphatic heterocycles. The van der Waals surface area contributed by atoms with E-state index in [2.05, 4.69) is 10.6 Å². The summed E-state index contributed by atoms with van der Waals surface area (Å²) >= 11 is 0. The monoisotopic (exact) mass is 437 g/mol. The molecule has 5 rings (SSSR count). The fraction of sp³-hybridized carbons (Fsp3) is 0.560. The quantitative estimate of drug-likeness (QED) is 0.666. The van der Waals surface area contributed by atoms with E-state index in [1.807, 2.05) is 56.3 Å². The van der Waals surface area contributed by atoms with Gasteiger partial charge in [0.1, 0.15) is 11.6 Å². The second-order valence-electron chi connectivity index (χ2n) is 9.73. The van der Waals surface area contributed by atoms with Gasteiger partial charge in [-0.15, -0.1) is 0 Å². The first-order valence-electron chi connectivity index (χ1n) is 11.7. The van der Waals surface area contributed by atoms with Gasteiger partial charge in [-0.2, -0.15) is 0 Å². The predicted molar refractivity (Wildman–Crippen MR) is 118 cm³/mol. The number of nitrogens with zero attached hydrogens (tertiary/aromatic N) is 1. The molecule has 1 aromatic rings. The molecule has 5 unspecified atom stereocenters. The summed E-state index contributed by atoms with van der Waals surface area (Å²) in [5, 5.41) is 6.14. The van der Waals surface area contributed by atoms with Gasteiger partial charge in [0.15, 0.2) is 0 Å². The molecule has 32 heavy (non-hydrogen) atoms. The molecule has 3 amide bonds. The van der Waals surface area contributed by atoms with E-state index in [9.17, 15) is 14.4 Å². The van der Waals surface area contributed by atoms with Crippen LogP contribution in [0, 0.1) is 11.8 Å². The molecule has 4 aliphatic rings. The van der Waals surface area contributed by atoms with Crippen molar-refractivity contribution in [2.75, 3.05) is 0 Å². The zero-order valence-electron chi connectivity index (χ0n) is 18.6. The number of likely N-dealkylation sites (tertiary alicyclic amines) is 1. The molecule has 1 aliphatic carbocycles. The molecule has 1 saturated carbocycles. The lowest BCUT2D eigenvalue weighted by Crippen LogP contribution is -2.57. The van der Waals surface area contributed by atoms with E-state index < -0.39 is 29.6 Å². The Morgan fingerprint density at radius 2 is 1.88 bits per heavy atom. The van der Waals surface area contributed by atoms with E-state index in [1.54, 1.807) is 4.90 Å². The van der Waals surface area contributed by atoms with Crippen molar-refractivity contribution >= 4 is 17.7 Å². The summed E-state index contributed by atoms with van der Waals surface area (Å²) in [4.78, 5) is 41.9. The molecule has 2 bridgehead atoms. The molecule has 3 heterocycles. The van der Waals surface area contributed by atoms with Crippen LogP contribution in [0.3, 0.4) is 0 Å². The van der Waals surface area contributed by atoms with Gasteiger partial charge in [0.05, 0.1) is 17.9 Å². The maximum absolute atomic E-state index is 13.6. The van der Waals surface area contributed by atoms with Crippen LogP contribution >= 0.6 is 0 Å². The van der Waals surface area contributed by atoms with Crippen LogP contribution in [0.1, 0.15) is 45.1 Å². The Balaban J connectivity index is 1.40. The highest BCUT2D eigenvalue weighted by molar-refractivity contribution is 6.00. The molecule has 3 fully saturated rings. The van der Waals surface area contributed by atoms with Gasteiger partial charge in [0.2, 0.25) is 17.7 Å². The van der Waals surface area contributed by atoms with Gasteiger partial charge in [0, 0.05) is 18.6 Å². The lowest BCUT2D eigenvalue weighted by atomic mass is 9.74. The van der Waals surface area contributed by atoms with Gasteiger partial charge in [0.25, 0.3) is 0 Å². The highest BCUT2D eigenvalue weighted by Crippen LogP contribution is 2.55. The Morgan fingerprint density at radius 3 is 2.56 bits per heavy atom. The molecule has 1 spiro atoms. The van der Waals surface area contributed by atoms with Gasteiger partial charge in [-0.05, 0) is 32.3 Å². The number of rotatable bonds is 6. The molecular formula is C25H31N3O4. The normalized spacial score (nSPS) is 33.2. The number of ether oxygens (including phenoxy) is 1. The summed E-state index contributed by atoms with van der Waals surface area (Å²) in [5.41, 5.74) is -0.0886. The number of nitrogens with one attached hydrogen (secondary N) is 2. The van der Waals surface area contributed by atoms with Crippen molar-refractivity contribution in [2.24, 2.45) is 11.8 Å². The molecule has 0 aromatic heterocycles. The summed E-state index contributed by atoms with van der Waals surface area (Å²) in [6, 6.07) is 8.89. The van der Waals surface area contributed by atoms with Crippen LogP contribution in [0.5, 0.6) is 0 Å². The summed E-state index contributed by atoms with van der Waals surface area (Å²) < 4.78 is 6.32. The molecule has 2 N–H and O–H groups in total. The van der Waals surface area contributed by atoms with Crippen LogP contribution in [0.15, 0.2) is 42.5 Å². The third kappa shape index (κ3) is 3.25. The van der Waals surface area contributed by atoms with Crippen LogP contribution in [-0.2, 0) is 25.7 Å². The Labute approximate surface area is 188 Å². The second kappa shape index (κ2) is 8.03. The van der Waals surface area contributed by atoms with Crippen molar-refractivity contribution in [3.05, 3.63) is 48.0 Å². The Morgan fingerprint density at radius 1 is 1.16 bits per heavy atom. The number of fused-ring (bicyclic) bond motifs is 1. The van der Waals surface area contributed by atoms with Crippen molar-refractivity contribution in [3.63, 3.8) is 0 Å². The topological polar surface area (TPSA) is 87.7 Å². The lowest BCUT2D eigenvalue weighted by Gasteiger charge is -2.34. The minimum atomic E-state index is -1.08. The molecule has 7 nitrogen and oxygen atoms in total. The van der Waals surface area contributed by atoms with E-state index in [0.29, 0.717) is 6.54 Å². The summed E-state index contributed by atoms with van der Waals surface area (Å²) in [7, 11) is 0. The molecule has 2 saturated heterocycles. The predicted octanol–water partition coefficient (Wildman–Crippen LogP) is 1.92. The molecule has 7 heteroatoms. The first-order valence-corrected chi connectivity index (χ1v) is 11.7. The van der Waals surface area contributed by atoms with Gasteiger partial charge >= 0.3 is 0 Å². The van der Waals surface area contributed by atoms with Crippen LogP contribution < -0.4 is 10.6 Å². The maximum Gasteiger partial charge on any atom is 0.246 e. The van der Waals surface area contributed by atoms with Gasteiger partial charge in [-0.1, -0.05) is 55.3 Å². The smallest absolute Gasteiger partial charge is 0.246 e. The molecule has 170 valence electrons. The summed E-state index contributed by atoms with van der Waals surface area (Å²) in [6.45, 7) is 4.21. The molecule has 0 radical (unpaired) electrons. The zero-order valence-corrected chi connectivity index (χ0v) is 18.6. The third-order valence-electron chi connectivity index (χ3n) is 7.43. The van der Waals surface area contributed by atoms with Crippen molar-refractivity contribution < 1.29 is 19.1 Å². The number of carbonyl (C=O) groups excluding carboxylic acids is 3. The fourth-order valence-electron chi connectivity index (χ4n) is 6.01. The zero-order chi connectivity index (χ0) is 22.5. The van der Waals surface area contributed by atoms with E-state index in [4.69, 9.17) is 4.74 Å². The van der Waals surface area contributed by atoms with E-state index in [1.165, 1.54) is 0 Å². The fourth-order valence-corrected chi connectivity index (χ4v) is 6.01. The van der Waals surface area contributed by atoms with Crippen molar-refractivity contribution in [1.29, 1.82) is 0 Å². The molecule has 5 atom stereocenters. The molecular weight excluding hydrogens is 406 g/mol. The van der Waals surface area contributed by atoms with E-state index in [-0.39, 0.29) is 29.8 Å². The second-order valence-corrected chi connectivity index (χ2v) is 9.73. The number of hydrogen-bond donors (Lipinski definition) is 2. The highest BCUT2D eigenvalue weighted by atomic mass is 16.5. The minimum Gasteiger partial charge on any atom is -0.359 e. The van der Waals surface area contributed by atoms with Crippen LogP contribution in [0.2, 0.25) is 0 Å². The van der Waals surface area contributed by atoms with Crippen LogP contribution in [-0.4, -0.2) is 52.5 Å². The van der Waals surface area contributed by atoms with E-state index >= 15 is 0 Å². The van der Waals surface area contributed by atoms with Gasteiger partial charge in [-0.25, -0.2) is 0 Å². The van der Waals surface area contributed by atoms with Gasteiger partial charge < -0.3 is 20.3 Å². The van der Waals surface area contributed by atoms with Crippen LogP contribution in [0.25, 0.3) is 0 Å². The van der Waals surface area contributed by atoms with Crippen molar-refractivity contribution in [3.8, 4) is 0 Å². The Kier molecular flexibility index (Phi) is 5.32. The standard InChI is InChI=1S/C25H31N3O4/c1-15(2)28-21(23(30)27-17-10-6-7-11-17)25-13-12-18(32-25)19(20(25)24(28)31)22(29)26-14-16-8-4-3-5-9-16/h3-5,8-9,12-13,15,17-21H,6-7,10-11,14H2,1-2H3,(H,26,29)(H,27,30). The summed E-state index contributed by atoms with van der Waals surface area (Å²) in [6.07, 6.45) is 7.38. The summed E-state index contributed by atoms with van der Waals surface area (Å²) in [5.74, 6) is -1.86. The first-order chi connectivity index (χ1) is 15.4. The first kappa shape index (κ1) is 21.2. The van der Waals surface area contributed by atoms with Crippen molar-refractivity contribution in [2.45, 2.75) is 75.9 Å². The maximum atomic E-state index is 13.6. The highest BCUT2D eigenvalue weighted by Gasteiger charge is 2.73. The van der Waals surface area contributed by atoms with Crippen molar-refractivity contribution in [1.82, 2.24) is 15.5 Å². The SMILES string of the molecule is CC(C)N1C(=O)C2C(C(=O)NCc3ccccc3)C3C=CC2(O3)C1C(=O)NC1CCCC1. The number of carbonyl (C=O) groups is 3. The molecule has 1 aromatic carbocycles. The van der Waals surface area contributed by atoms with Gasteiger partial charge in [-0.3, -0.25) is 14.4 Å². The Hall–Kier alpha value is -2.67. The largest absolute Gasteiger partial charge is 0.359 e. The lowest BCUT2D eigenvalue weighted by molar-refractivity contribution is -0.143. The number of amides is 3. The number of hydrogen-bond acceptors (Lipinski definition) is 4. The van der Waals surface area contributed by atoms with E-state index in [0.717, 1.165) is 31.2 Å². The third-order valence-corrected chi connectivity index (χ3v) is 7.43. The Bertz CT molecular complexity index is 940. The number of benzene rings is 1. The minimum absolute atomic E-state index is 0.148. The van der Waals surface area contributed by atoms with Crippen LogP contribution in [0.4, 0.5) is 0 Å². The average Bonchev–Trinajstić information content (AvgIpc) is 3.54. The average molecular weight is 438 g/mol.